The van der Waals surface area contributed by atoms with Crippen LogP contribution in [0.3, 0.4) is 0 Å². The Labute approximate surface area is 157 Å². The molecule has 0 bridgehead atoms. The second kappa shape index (κ2) is 7.53. The highest BCUT2D eigenvalue weighted by atomic mass is 32.1. The van der Waals surface area contributed by atoms with Crippen LogP contribution >= 0.6 is 11.3 Å². The molecule has 0 radical (unpaired) electrons. The van der Waals surface area contributed by atoms with Gasteiger partial charge in [0.15, 0.2) is 5.01 Å². The number of rotatable bonds is 5. The van der Waals surface area contributed by atoms with Gasteiger partial charge in [0.1, 0.15) is 17.4 Å². The Kier molecular flexibility index (Phi) is 5.36. The molecule has 1 aliphatic rings. The average Bonchev–Trinajstić information content (AvgIpc) is 3.27. The number of para-hydroxylation sites is 1. The first kappa shape index (κ1) is 18.5. The van der Waals surface area contributed by atoms with Crippen molar-refractivity contribution in [2.45, 2.75) is 46.3 Å². The maximum Gasteiger partial charge on any atom is 0.291 e. The molecule has 1 amide bonds. The van der Waals surface area contributed by atoms with Crippen molar-refractivity contribution in [1.82, 2.24) is 15.1 Å². The molecule has 1 atom stereocenters. The number of Topliss-reactive ketones (excluding diaryl/α,β-unsaturated/α-hetero) is 1. The van der Waals surface area contributed by atoms with E-state index in [4.69, 9.17) is 4.74 Å². The number of ether oxygens (including phenoxy) is 1. The second-order valence-electron chi connectivity index (χ2n) is 7.37. The number of carbonyl (C=O) groups excluding carboxylic acids is 2. The first-order valence-corrected chi connectivity index (χ1v) is 9.53. The van der Waals surface area contributed by atoms with Crippen molar-refractivity contribution in [2.75, 3.05) is 6.54 Å². The van der Waals surface area contributed by atoms with Crippen molar-refractivity contribution >= 4 is 23.0 Å². The summed E-state index contributed by atoms with van der Waals surface area (Å²) in [5.41, 5.74) is -0.681. The Hall–Kier alpha value is -2.28. The van der Waals surface area contributed by atoms with E-state index in [0.717, 1.165) is 28.6 Å². The van der Waals surface area contributed by atoms with Crippen LogP contribution < -0.4 is 4.74 Å². The summed E-state index contributed by atoms with van der Waals surface area (Å²) in [6.07, 6.45) is 1.67. The zero-order chi connectivity index (χ0) is 18.7. The van der Waals surface area contributed by atoms with Gasteiger partial charge in [-0.05, 0) is 25.0 Å². The average molecular weight is 373 g/mol. The number of hydrogen-bond acceptors (Lipinski definition) is 6. The number of hydrogen-bond donors (Lipinski definition) is 0. The predicted molar refractivity (Wildman–Crippen MR) is 98.8 cm³/mol. The highest BCUT2D eigenvalue weighted by molar-refractivity contribution is 7.11. The zero-order valence-electron chi connectivity index (χ0n) is 15.3. The first-order chi connectivity index (χ1) is 12.4. The van der Waals surface area contributed by atoms with E-state index in [-0.39, 0.29) is 11.8 Å². The van der Waals surface area contributed by atoms with Gasteiger partial charge in [0, 0.05) is 12.0 Å². The summed E-state index contributed by atoms with van der Waals surface area (Å²) in [5, 5.41) is 9.95. The van der Waals surface area contributed by atoms with Crippen molar-refractivity contribution < 1.29 is 14.3 Å². The smallest absolute Gasteiger partial charge is 0.291 e. The van der Waals surface area contributed by atoms with Gasteiger partial charge in [-0.1, -0.05) is 50.3 Å². The van der Waals surface area contributed by atoms with Gasteiger partial charge >= 0.3 is 0 Å². The van der Waals surface area contributed by atoms with Crippen molar-refractivity contribution in [3.05, 3.63) is 40.3 Å². The lowest BCUT2D eigenvalue weighted by atomic mass is 9.90. The van der Waals surface area contributed by atoms with Crippen LogP contribution in [0.25, 0.3) is 0 Å². The van der Waals surface area contributed by atoms with Crippen LogP contribution in [0.1, 0.15) is 49.7 Å². The molecule has 1 aromatic carbocycles. The highest BCUT2D eigenvalue weighted by Gasteiger charge is 2.39. The van der Waals surface area contributed by atoms with E-state index in [0.29, 0.717) is 13.2 Å². The maximum absolute atomic E-state index is 12.6. The Morgan fingerprint density at radius 2 is 1.96 bits per heavy atom. The molecular weight excluding hydrogens is 350 g/mol. The molecular formula is C19H23N3O3S. The molecule has 1 aliphatic heterocycles. The summed E-state index contributed by atoms with van der Waals surface area (Å²) in [5.74, 6) is -0.00321. The fraction of sp³-hybridized carbons (Fsp3) is 0.474. The van der Waals surface area contributed by atoms with E-state index in [9.17, 15) is 9.59 Å². The molecule has 3 rings (SSSR count). The minimum atomic E-state index is -0.681. The minimum Gasteiger partial charge on any atom is -0.486 e. The third kappa shape index (κ3) is 4.09. The van der Waals surface area contributed by atoms with Crippen LogP contribution in [0, 0.1) is 5.41 Å². The summed E-state index contributed by atoms with van der Waals surface area (Å²) in [6, 6.07) is 9.36. The van der Waals surface area contributed by atoms with Crippen LogP contribution in [0.5, 0.6) is 5.75 Å². The number of aromatic nitrogens is 2. The Balaban J connectivity index is 1.67. The molecule has 26 heavy (non-hydrogen) atoms. The van der Waals surface area contributed by atoms with E-state index in [1.165, 1.54) is 11.3 Å². The van der Waals surface area contributed by atoms with Gasteiger partial charge < -0.3 is 9.64 Å². The van der Waals surface area contributed by atoms with Crippen molar-refractivity contribution in [3.63, 3.8) is 0 Å². The second-order valence-corrected chi connectivity index (χ2v) is 8.47. The molecule has 1 aromatic heterocycles. The van der Waals surface area contributed by atoms with Crippen LogP contribution in [-0.2, 0) is 16.2 Å². The Morgan fingerprint density at radius 3 is 2.65 bits per heavy atom. The number of benzene rings is 1. The first-order valence-electron chi connectivity index (χ1n) is 8.72. The summed E-state index contributed by atoms with van der Waals surface area (Å²) < 4.78 is 5.70. The molecule has 0 saturated carbocycles. The van der Waals surface area contributed by atoms with Gasteiger partial charge in [0.05, 0.1) is 6.04 Å². The van der Waals surface area contributed by atoms with E-state index in [2.05, 4.69) is 10.2 Å². The lowest BCUT2D eigenvalue weighted by Gasteiger charge is -2.25. The normalized spacial score (nSPS) is 17.3. The quantitative estimate of drug-likeness (QED) is 0.751. The molecule has 1 unspecified atom stereocenters. The van der Waals surface area contributed by atoms with E-state index >= 15 is 0 Å². The van der Waals surface area contributed by atoms with Gasteiger partial charge in [-0.3, -0.25) is 9.59 Å². The number of carbonyl (C=O) groups is 2. The van der Waals surface area contributed by atoms with Crippen LogP contribution in [0.15, 0.2) is 30.3 Å². The Bertz CT molecular complexity index is 783. The lowest BCUT2D eigenvalue weighted by Crippen LogP contribution is -2.41. The van der Waals surface area contributed by atoms with Gasteiger partial charge in [0.2, 0.25) is 5.78 Å². The molecule has 6 nitrogen and oxygen atoms in total. The number of ketones is 1. The summed E-state index contributed by atoms with van der Waals surface area (Å²) >= 11 is 1.44. The molecule has 2 heterocycles. The molecule has 0 aliphatic carbocycles. The molecule has 0 N–H and O–H groups in total. The van der Waals surface area contributed by atoms with E-state index in [1.807, 2.05) is 30.3 Å². The fourth-order valence-electron chi connectivity index (χ4n) is 2.84. The van der Waals surface area contributed by atoms with E-state index in [1.54, 1.807) is 25.7 Å². The summed E-state index contributed by atoms with van der Waals surface area (Å²) in [4.78, 5) is 26.6. The third-order valence-corrected chi connectivity index (χ3v) is 5.26. The predicted octanol–water partition coefficient (Wildman–Crippen LogP) is 3.40. The molecule has 0 spiro atoms. The van der Waals surface area contributed by atoms with Crippen molar-refractivity contribution in [1.29, 1.82) is 0 Å². The standard InChI is InChI=1S/C19H23N3O3S/c1-19(2,3)16(23)18(24)22-11-7-10-14(22)17-21-20-15(26-17)12-25-13-8-5-4-6-9-13/h4-6,8-9,14H,7,10-12H2,1-3H3. The number of amides is 1. The molecule has 1 saturated heterocycles. The van der Waals surface area contributed by atoms with Gasteiger partial charge in [-0.25, -0.2) is 0 Å². The Morgan fingerprint density at radius 1 is 1.23 bits per heavy atom. The minimum absolute atomic E-state index is 0.170. The van der Waals surface area contributed by atoms with E-state index < -0.39 is 11.3 Å². The van der Waals surface area contributed by atoms with Gasteiger partial charge in [-0.15, -0.1) is 10.2 Å². The SMILES string of the molecule is CC(C)(C)C(=O)C(=O)N1CCCC1c1nnc(COc2ccccc2)s1. The molecule has 2 aromatic rings. The van der Waals surface area contributed by atoms with Crippen molar-refractivity contribution in [3.8, 4) is 5.75 Å². The molecule has 7 heteroatoms. The van der Waals surface area contributed by atoms with Gasteiger partial charge in [-0.2, -0.15) is 0 Å². The largest absolute Gasteiger partial charge is 0.486 e. The monoisotopic (exact) mass is 373 g/mol. The lowest BCUT2D eigenvalue weighted by molar-refractivity contribution is -0.149. The van der Waals surface area contributed by atoms with Crippen LogP contribution in [0.2, 0.25) is 0 Å². The van der Waals surface area contributed by atoms with Crippen LogP contribution in [-0.4, -0.2) is 33.3 Å². The zero-order valence-corrected chi connectivity index (χ0v) is 16.1. The van der Waals surface area contributed by atoms with Gasteiger partial charge in [0.25, 0.3) is 5.91 Å². The van der Waals surface area contributed by atoms with Crippen LogP contribution in [0.4, 0.5) is 0 Å². The van der Waals surface area contributed by atoms with Crippen molar-refractivity contribution in [2.24, 2.45) is 5.41 Å². The highest BCUT2D eigenvalue weighted by Crippen LogP contribution is 2.35. The third-order valence-electron chi connectivity index (χ3n) is 4.26. The summed E-state index contributed by atoms with van der Waals surface area (Å²) in [7, 11) is 0. The topological polar surface area (TPSA) is 72.4 Å². The maximum atomic E-state index is 12.6. The number of nitrogens with zero attached hydrogens (tertiary/aromatic N) is 3. The fourth-order valence-corrected chi connectivity index (χ4v) is 3.74. The molecule has 138 valence electrons. The molecule has 1 fully saturated rings. The summed E-state index contributed by atoms with van der Waals surface area (Å²) in [6.45, 7) is 6.22. The number of likely N-dealkylation sites (tertiary alicyclic amines) is 1.